The molecular formula is C13H18FN3O2. The van der Waals surface area contributed by atoms with Crippen LogP contribution in [0.1, 0.15) is 18.4 Å². The third-order valence-electron chi connectivity index (χ3n) is 3.57. The van der Waals surface area contributed by atoms with Crippen LogP contribution < -0.4 is 10.6 Å². The summed E-state index contributed by atoms with van der Waals surface area (Å²) in [5.74, 6) is -0.424. The highest BCUT2D eigenvalue weighted by atomic mass is 19.1. The number of aliphatic hydroxyl groups is 1. The summed E-state index contributed by atoms with van der Waals surface area (Å²) >= 11 is 0. The van der Waals surface area contributed by atoms with E-state index in [0.29, 0.717) is 11.6 Å². The number of nitrogens with zero attached hydrogens (tertiary/aromatic N) is 2. The fourth-order valence-corrected chi connectivity index (χ4v) is 2.44. The molecule has 0 spiro atoms. The number of nitrogens with two attached hydrogens (primary N) is 1. The first-order valence-electron chi connectivity index (χ1n) is 6.29. The number of benzene rings is 1. The first-order valence-corrected chi connectivity index (χ1v) is 6.29. The Hall–Kier alpha value is -1.82. The van der Waals surface area contributed by atoms with Crippen LogP contribution in [-0.2, 0) is 0 Å². The quantitative estimate of drug-likeness (QED) is 0.332. The van der Waals surface area contributed by atoms with E-state index in [1.54, 1.807) is 12.1 Å². The van der Waals surface area contributed by atoms with E-state index >= 15 is 0 Å². The van der Waals surface area contributed by atoms with Gasteiger partial charge in [-0.3, -0.25) is 0 Å². The van der Waals surface area contributed by atoms with Gasteiger partial charge >= 0.3 is 0 Å². The highest BCUT2D eigenvalue weighted by Crippen LogP contribution is 2.27. The molecular weight excluding hydrogens is 249 g/mol. The van der Waals surface area contributed by atoms with E-state index in [1.165, 1.54) is 6.07 Å². The van der Waals surface area contributed by atoms with Crippen molar-refractivity contribution in [2.45, 2.75) is 12.8 Å². The minimum Gasteiger partial charge on any atom is -0.409 e. The monoisotopic (exact) mass is 267 g/mol. The standard InChI is InChI=1S/C13H18FN3O2/c14-10-2-1-3-11(12(10)13(15)16-19)17-6-4-9(8-18)5-7-17/h1-3,9,18-19H,4-8H2,(H2,15,16). The topological polar surface area (TPSA) is 82.1 Å². The maximum absolute atomic E-state index is 13.8. The summed E-state index contributed by atoms with van der Waals surface area (Å²) in [6.07, 6.45) is 1.70. The molecule has 1 aromatic carbocycles. The molecule has 1 aliphatic rings. The molecule has 0 unspecified atom stereocenters. The zero-order valence-electron chi connectivity index (χ0n) is 10.6. The van der Waals surface area contributed by atoms with Crippen LogP contribution in [0.2, 0.25) is 0 Å². The fraction of sp³-hybridized carbons (Fsp3) is 0.462. The number of rotatable bonds is 3. The van der Waals surface area contributed by atoms with Gasteiger partial charge < -0.3 is 20.9 Å². The van der Waals surface area contributed by atoms with Gasteiger partial charge in [-0.05, 0) is 30.9 Å². The molecule has 0 atom stereocenters. The van der Waals surface area contributed by atoms with Crippen molar-refractivity contribution in [3.05, 3.63) is 29.6 Å². The zero-order valence-corrected chi connectivity index (χ0v) is 10.6. The maximum atomic E-state index is 13.8. The van der Waals surface area contributed by atoms with Crippen LogP contribution >= 0.6 is 0 Å². The Morgan fingerprint density at radius 2 is 2.11 bits per heavy atom. The molecule has 0 amide bonds. The fourth-order valence-electron chi connectivity index (χ4n) is 2.44. The van der Waals surface area contributed by atoms with E-state index in [-0.39, 0.29) is 18.0 Å². The molecule has 1 aromatic rings. The van der Waals surface area contributed by atoms with Gasteiger partial charge in [0.1, 0.15) is 5.82 Å². The van der Waals surface area contributed by atoms with Crippen molar-refractivity contribution in [3.63, 3.8) is 0 Å². The molecule has 0 aliphatic carbocycles. The minimum absolute atomic E-state index is 0.132. The van der Waals surface area contributed by atoms with Crippen molar-refractivity contribution in [2.24, 2.45) is 16.8 Å². The number of amidine groups is 1. The summed E-state index contributed by atoms with van der Waals surface area (Å²) in [5.41, 5.74) is 6.31. The summed E-state index contributed by atoms with van der Waals surface area (Å²) in [7, 11) is 0. The maximum Gasteiger partial charge on any atom is 0.175 e. The third-order valence-corrected chi connectivity index (χ3v) is 3.57. The average Bonchev–Trinajstić information content (AvgIpc) is 2.46. The normalized spacial score (nSPS) is 17.8. The van der Waals surface area contributed by atoms with Gasteiger partial charge in [0.25, 0.3) is 0 Å². The van der Waals surface area contributed by atoms with E-state index in [4.69, 9.17) is 16.0 Å². The van der Waals surface area contributed by atoms with Gasteiger partial charge in [0.15, 0.2) is 5.84 Å². The van der Waals surface area contributed by atoms with Gasteiger partial charge in [-0.2, -0.15) is 0 Å². The Morgan fingerprint density at radius 1 is 1.42 bits per heavy atom. The van der Waals surface area contributed by atoms with Crippen LogP contribution in [-0.4, -0.2) is 35.8 Å². The van der Waals surface area contributed by atoms with E-state index < -0.39 is 5.82 Å². The van der Waals surface area contributed by atoms with Crippen molar-refractivity contribution in [1.82, 2.24) is 0 Å². The summed E-state index contributed by atoms with van der Waals surface area (Å²) in [6.45, 7) is 1.63. The molecule has 1 fully saturated rings. The molecule has 1 aliphatic heterocycles. The molecule has 0 aromatic heterocycles. The highest BCUT2D eigenvalue weighted by molar-refractivity contribution is 6.02. The lowest BCUT2D eigenvalue weighted by molar-refractivity contribution is 0.203. The smallest absolute Gasteiger partial charge is 0.175 e. The Labute approximate surface area is 111 Å². The Bertz CT molecular complexity index is 471. The van der Waals surface area contributed by atoms with Crippen LogP contribution in [0.15, 0.2) is 23.4 Å². The number of hydrogen-bond acceptors (Lipinski definition) is 4. The molecule has 0 bridgehead atoms. The van der Waals surface area contributed by atoms with Crippen molar-refractivity contribution in [2.75, 3.05) is 24.6 Å². The molecule has 5 nitrogen and oxygen atoms in total. The number of anilines is 1. The lowest BCUT2D eigenvalue weighted by atomic mass is 9.96. The average molecular weight is 267 g/mol. The predicted octanol–water partition coefficient (Wildman–Crippen LogP) is 1.13. The first-order chi connectivity index (χ1) is 9.17. The minimum atomic E-state index is -0.503. The van der Waals surface area contributed by atoms with E-state index in [2.05, 4.69) is 5.16 Å². The molecule has 1 saturated heterocycles. The van der Waals surface area contributed by atoms with E-state index in [9.17, 15) is 4.39 Å². The van der Waals surface area contributed by atoms with Gasteiger partial charge in [0.2, 0.25) is 0 Å². The molecule has 6 heteroatoms. The van der Waals surface area contributed by atoms with Gasteiger partial charge in [-0.15, -0.1) is 0 Å². The number of halogens is 1. The lowest BCUT2D eigenvalue weighted by Crippen LogP contribution is -2.36. The van der Waals surface area contributed by atoms with Gasteiger partial charge in [-0.1, -0.05) is 11.2 Å². The zero-order chi connectivity index (χ0) is 13.8. The van der Waals surface area contributed by atoms with Gasteiger partial charge in [-0.25, -0.2) is 4.39 Å². The molecule has 2 rings (SSSR count). The Balaban J connectivity index is 2.28. The number of oxime groups is 1. The second-order valence-corrected chi connectivity index (χ2v) is 4.73. The van der Waals surface area contributed by atoms with Crippen molar-refractivity contribution in [1.29, 1.82) is 0 Å². The molecule has 104 valence electrons. The van der Waals surface area contributed by atoms with E-state index in [0.717, 1.165) is 25.9 Å². The predicted molar refractivity (Wildman–Crippen MR) is 70.9 cm³/mol. The van der Waals surface area contributed by atoms with Crippen molar-refractivity contribution in [3.8, 4) is 0 Å². The van der Waals surface area contributed by atoms with Crippen LogP contribution in [0.4, 0.5) is 10.1 Å². The second-order valence-electron chi connectivity index (χ2n) is 4.73. The van der Waals surface area contributed by atoms with Crippen molar-refractivity contribution < 1.29 is 14.7 Å². The molecule has 1 heterocycles. The first kappa shape index (κ1) is 13.6. The highest BCUT2D eigenvalue weighted by Gasteiger charge is 2.23. The van der Waals surface area contributed by atoms with Crippen LogP contribution in [0.5, 0.6) is 0 Å². The SMILES string of the molecule is NC(=NO)c1c(F)cccc1N1CCC(CO)CC1. The number of aliphatic hydroxyl groups excluding tert-OH is 1. The van der Waals surface area contributed by atoms with Crippen LogP contribution in [0.3, 0.4) is 0 Å². The largest absolute Gasteiger partial charge is 0.409 e. The summed E-state index contributed by atoms with van der Waals surface area (Å²) in [4.78, 5) is 2.00. The van der Waals surface area contributed by atoms with E-state index in [1.807, 2.05) is 4.90 Å². The Morgan fingerprint density at radius 3 is 2.68 bits per heavy atom. The van der Waals surface area contributed by atoms with Gasteiger partial charge in [0.05, 0.1) is 11.3 Å². The van der Waals surface area contributed by atoms with Crippen LogP contribution in [0.25, 0.3) is 0 Å². The molecule has 4 N–H and O–H groups in total. The number of hydrogen-bond donors (Lipinski definition) is 3. The summed E-state index contributed by atoms with van der Waals surface area (Å²) in [6, 6.07) is 4.66. The lowest BCUT2D eigenvalue weighted by Gasteiger charge is -2.34. The Kier molecular flexibility index (Phi) is 4.21. The molecule has 0 saturated carbocycles. The molecule has 19 heavy (non-hydrogen) atoms. The second kappa shape index (κ2) is 5.88. The van der Waals surface area contributed by atoms with Crippen molar-refractivity contribution >= 4 is 11.5 Å². The summed E-state index contributed by atoms with van der Waals surface area (Å²) < 4.78 is 13.8. The van der Waals surface area contributed by atoms with Crippen LogP contribution in [0, 0.1) is 11.7 Å². The summed E-state index contributed by atoms with van der Waals surface area (Å²) in [5, 5.41) is 20.8. The molecule has 0 radical (unpaired) electrons. The third kappa shape index (κ3) is 2.78. The van der Waals surface area contributed by atoms with Gasteiger partial charge in [0, 0.05) is 19.7 Å². The number of piperidine rings is 1.